The van der Waals surface area contributed by atoms with E-state index in [0.717, 1.165) is 48.1 Å². The number of likely N-dealkylation sites (tertiary alicyclic amines) is 1. The second kappa shape index (κ2) is 10.0. The van der Waals surface area contributed by atoms with Gasteiger partial charge < -0.3 is 10.1 Å². The molecule has 2 aromatic rings. The van der Waals surface area contributed by atoms with Crippen LogP contribution in [-0.4, -0.2) is 42.8 Å². The summed E-state index contributed by atoms with van der Waals surface area (Å²) >= 11 is 7.49. The number of thioether (sulfide) groups is 1. The number of carbonyl (C=O) groups excluding carboxylic acids is 1. The summed E-state index contributed by atoms with van der Waals surface area (Å²) in [5, 5.41) is 3.95. The average molecular weight is 405 g/mol. The Kier molecular flexibility index (Phi) is 7.44. The molecule has 0 aromatic heterocycles. The fraction of sp³-hybridized carbons (Fsp3) is 0.381. The van der Waals surface area contributed by atoms with Crippen molar-refractivity contribution in [2.24, 2.45) is 0 Å². The van der Waals surface area contributed by atoms with Crippen LogP contribution < -0.4 is 10.1 Å². The third-order valence-electron chi connectivity index (χ3n) is 4.70. The molecule has 0 radical (unpaired) electrons. The highest BCUT2D eigenvalue weighted by atomic mass is 35.5. The van der Waals surface area contributed by atoms with Crippen LogP contribution in [0, 0.1) is 0 Å². The summed E-state index contributed by atoms with van der Waals surface area (Å²) in [5.41, 5.74) is 1.28. The summed E-state index contributed by atoms with van der Waals surface area (Å²) < 4.78 is 5.15. The van der Waals surface area contributed by atoms with Crippen molar-refractivity contribution in [2.45, 2.75) is 30.3 Å². The van der Waals surface area contributed by atoms with Gasteiger partial charge in [0, 0.05) is 35.6 Å². The van der Waals surface area contributed by atoms with Gasteiger partial charge in [0.05, 0.1) is 12.9 Å². The highest BCUT2D eigenvalue weighted by Gasteiger charge is 2.20. The monoisotopic (exact) mass is 404 g/mol. The molecule has 27 heavy (non-hydrogen) atoms. The molecule has 1 N–H and O–H groups in total. The molecule has 0 bridgehead atoms. The Balaban J connectivity index is 1.36. The number of halogens is 1. The minimum atomic E-state index is 0.104. The van der Waals surface area contributed by atoms with Crippen molar-refractivity contribution in [1.29, 1.82) is 0 Å². The SMILES string of the molecule is COc1ccc(SCC(=O)NC2CCN(Cc3ccc(Cl)cc3)CC2)cc1. The van der Waals surface area contributed by atoms with Crippen LogP contribution in [-0.2, 0) is 11.3 Å². The van der Waals surface area contributed by atoms with E-state index in [1.807, 2.05) is 36.4 Å². The zero-order chi connectivity index (χ0) is 19.1. The maximum Gasteiger partial charge on any atom is 0.230 e. The number of hydrogen-bond donors (Lipinski definition) is 1. The lowest BCUT2D eigenvalue weighted by atomic mass is 10.0. The van der Waals surface area contributed by atoms with Gasteiger partial charge in [-0.15, -0.1) is 11.8 Å². The molecule has 144 valence electrons. The Bertz CT molecular complexity index is 729. The van der Waals surface area contributed by atoms with E-state index >= 15 is 0 Å². The molecule has 0 saturated carbocycles. The number of carbonyl (C=O) groups is 1. The molecule has 0 atom stereocenters. The topological polar surface area (TPSA) is 41.6 Å². The van der Waals surface area contributed by atoms with Gasteiger partial charge in [-0.05, 0) is 54.8 Å². The molecular weight excluding hydrogens is 380 g/mol. The van der Waals surface area contributed by atoms with Gasteiger partial charge in [0.1, 0.15) is 5.75 Å². The lowest BCUT2D eigenvalue weighted by Gasteiger charge is -2.32. The first-order chi connectivity index (χ1) is 13.1. The lowest BCUT2D eigenvalue weighted by molar-refractivity contribution is -0.119. The number of methoxy groups -OCH3 is 1. The fourth-order valence-corrected chi connectivity index (χ4v) is 4.01. The van der Waals surface area contributed by atoms with E-state index in [9.17, 15) is 4.79 Å². The van der Waals surface area contributed by atoms with E-state index in [1.165, 1.54) is 5.56 Å². The molecule has 6 heteroatoms. The van der Waals surface area contributed by atoms with Crippen LogP contribution in [0.5, 0.6) is 5.75 Å². The predicted octanol–water partition coefficient (Wildman–Crippen LogP) is 4.22. The van der Waals surface area contributed by atoms with Gasteiger partial charge in [0.25, 0.3) is 0 Å². The van der Waals surface area contributed by atoms with E-state index in [1.54, 1.807) is 18.9 Å². The molecule has 1 fully saturated rings. The third kappa shape index (κ3) is 6.45. The van der Waals surface area contributed by atoms with Crippen molar-refractivity contribution < 1.29 is 9.53 Å². The number of hydrogen-bond acceptors (Lipinski definition) is 4. The van der Waals surface area contributed by atoms with Crippen molar-refractivity contribution in [1.82, 2.24) is 10.2 Å². The van der Waals surface area contributed by atoms with Gasteiger partial charge in [-0.25, -0.2) is 0 Å². The van der Waals surface area contributed by atoms with Gasteiger partial charge in [-0.2, -0.15) is 0 Å². The van der Waals surface area contributed by atoms with E-state index < -0.39 is 0 Å². The summed E-state index contributed by atoms with van der Waals surface area (Å²) in [6, 6.07) is 16.1. The molecule has 0 aliphatic carbocycles. The molecule has 1 saturated heterocycles. The number of benzene rings is 2. The van der Waals surface area contributed by atoms with Crippen LogP contribution in [0.2, 0.25) is 5.02 Å². The standard InChI is InChI=1S/C21H25ClN2O2S/c1-26-19-6-8-20(9-7-19)27-15-21(25)23-18-10-12-24(13-11-18)14-16-2-4-17(22)5-3-16/h2-9,18H,10-15H2,1H3,(H,23,25). The van der Waals surface area contributed by atoms with Gasteiger partial charge >= 0.3 is 0 Å². The molecule has 1 aliphatic rings. The number of rotatable bonds is 7. The zero-order valence-corrected chi connectivity index (χ0v) is 17.1. The molecular formula is C21H25ClN2O2S. The Morgan fingerprint density at radius 3 is 2.44 bits per heavy atom. The highest BCUT2D eigenvalue weighted by molar-refractivity contribution is 8.00. The van der Waals surface area contributed by atoms with Crippen LogP contribution in [0.4, 0.5) is 0 Å². The third-order valence-corrected chi connectivity index (χ3v) is 5.97. The Hall–Kier alpha value is -1.69. The van der Waals surface area contributed by atoms with E-state index in [2.05, 4.69) is 22.3 Å². The predicted molar refractivity (Wildman–Crippen MR) is 112 cm³/mol. The second-order valence-electron chi connectivity index (χ2n) is 6.71. The van der Waals surface area contributed by atoms with Gasteiger partial charge in [-0.3, -0.25) is 9.69 Å². The Labute approximate surface area is 170 Å². The molecule has 4 nitrogen and oxygen atoms in total. The lowest BCUT2D eigenvalue weighted by Crippen LogP contribution is -2.44. The Morgan fingerprint density at radius 2 is 1.81 bits per heavy atom. The summed E-state index contributed by atoms with van der Waals surface area (Å²) in [6.07, 6.45) is 1.99. The van der Waals surface area contributed by atoms with Crippen LogP contribution in [0.1, 0.15) is 18.4 Å². The van der Waals surface area contributed by atoms with Gasteiger partial charge in [-0.1, -0.05) is 23.7 Å². The van der Waals surface area contributed by atoms with Gasteiger partial charge in [0.15, 0.2) is 0 Å². The van der Waals surface area contributed by atoms with E-state index in [4.69, 9.17) is 16.3 Å². The smallest absolute Gasteiger partial charge is 0.230 e. The first-order valence-corrected chi connectivity index (χ1v) is 10.5. The zero-order valence-electron chi connectivity index (χ0n) is 15.5. The largest absolute Gasteiger partial charge is 0.497 e. The maximum atomic E-state index is 12.2. The van der Waals surface area contributed by atoms with Crippen LogP contribution >= 0.6 is 23.4 Å². The maximum absolute atomic E-state index is 12.2. The number of piperidine rings is 1. The van der Waals surface area contributed by atoms with Crippen LogP contribution in [0.3, 0.4) is 0 Å². The quantitative estimate of drug-likeness (QED) is 0.701. The van der Waals surface area contributed by atoms with Crippen molar-refractivity contribution in [2.75, 3.05) is 26.0 Å². The Morgan fingerprint density at radius 1 is 1.15 bits per heavy atom. The number of nitrogens with zero attached hydrogens (tertiary/aromatic N) is 1. The first-order valence-electron chi connectivity index (χ1n) is 9.15. The summed E-state index contributed by atoms with van der Waals surface area (Å²) in [4.78, 5) is 15.7. The minimum Gasteiger partial charge on any atom is -0.497 e. The van der Waals surface area contributed by atoms with Crippen molar-refractivity contribution in [3.05, 3.63) is 59.1 Å². The highest BCUT2D eigenvalue weighted by Crippen LogP contribution is 2.21. The summed E-state index contributed by atoms with van der Waals surface area (Å²) in [5.74, 6) is 1.37. The van der Waals surface area contributed by atoms with Crippen LogP contribution in [0.15, 0.2) is 53.4 Å². The molecule has 1 heterocycles. The van der Waals surface area contributed by atoms with Gasteiger partial charge in [0.2, 0.25) is 5.91 Å². The minimum absolute atomic E-state index is 0.104. The van der Waals surface area contributed by atoms with Crippen molar-refractivity contribution >= 4 is 29.3 Å². The molecule has 1 aliphatic heterocycles. The number of nitrogens with one attached hydrogen (secondary N) is 1. The molecule has 0 spiro atoms. The number of ether oxygens (including phenoxy) is 1. The molecule has 0 unspecified atom stereocenters. The summed E-state index contributed by atoms with van der Waals surface area (Å²) in [7, 11) is 1.65. The normalized spacial score (nSPS) is 15.5. The van der Waals surface area contributed by atoms with E-state index in [-0.39, 0.29) is 11.9 Å². The molecule has 3 rings (SSSR count). The molecule has 1 amide bonds. The first kappa shape index (κ1) is 20.1. The second-order valence-corrected chi connectivity index (χ2v) is 8.19. The number of amides is 1. The fourth-order valence-electron chi connectivity index (χ4n) is 3.17. The average Bonchev–Trinajstić information content (AvgIpc) is 2.70. The van der Waals surface area contributed by atoms with E-state index in [0.29, 0.717) is 5.75 Å². The van der Waals surface area contributed by atoms with Crippen molar-refractivity contribution in [3.63, 3.8) is 0 Å². The van der Waals surface area contributed by atoms with Crippen LogP contribution in [0.25, 0.3) is 0 Å². The summed E-state index contributed by atoms with van der Waals surface area (Å²) in [6.45, 7) is 2.93. The molecule has 2 aromatic carbocycles. The van der Waals surface area contributed by atoms with Crippen molar-refractivity contribution in [3.8, 4) is 5.75 Å².